The van der Waals surface area contributed by atoms with E-state index in [1.165, 1.54) is 12.1 Å². The third kappa shape index (κ3) is 3.08. The number of carbonyl (C=O) groups is 1. The van der Waals surface area contributed by atoms with E-state index in [9.17, 15) is 18.0 Å². The summed E-state index contributed by atoms with van der Waals surface area (Å²) in [5.41, 5.74) is -0.521. The van der Waals surface area contributed by atoms with Crippen LogP contribution in [0.1, 0.15) is 37.8 Å². The summed E-state index contributed by atoms with van der Waals surface area (Å²) in [6.45, 7) is 5.36. The molecule has 1 aromatic rings. The predicted octanol–water partition coefficient (Wildman–Crippen LogP) is 4.03. The summed E-state index contributed by atoms with van der Waals surface area (Å²) in [5.74, 6) is -0.123. The number of alkyl halides is 3. The molecule has 1 aromatic carbocycles. The fourth-order valence-corrected chi connectivity index (χ4v) is 1.49. The van der Waals surface area contributed by atoms with Gasteiger partial charge in [-0.1, -0.05) is 32.9 Å². The van der Waals surface area contributed by atoms with Gasteiger partial charge in [-0.25, -0.2) is 0 Å². The summed E-state index contributed by atoms with van der Waals surface area (Å²) < 4.78 is 37.1. The Balaban J connectivity index is 3.00. The van der Waals surface area contributed by atoms with Gasteiger partial charge >= 0.3 is 6.18 Å². The minimum Gasteiger partial charge on any atom is -0.303 e. The monoisotopic (exact) mass is 244 g/mol. The van der Waals surface area contributed by atoms with Gasteiger partial charge < -0.3 is 4.79 Å². The second kappa shape index (κ2) is 4.51. The molecule has 1 atom stereocenters. The number of rotatable bonds is 3. The number of benzene rings is 1. The normalized spacial score (nSPS) is 14.5. The van der Waals surface area contributed by atoms with E-state index >= 15 is 0 Å². The summed E-state index contributed by atoms with van der Waals surface area (Å²) >= 11 is 0. The Kier molecular flexibility index (Phi) is 3.65. The molecule has 0 radical (unpaired) electrons. The zero-order chi connectivity index (χ0) is 13.3. The van der Waals surface area contributed by atoms with Gasteiger partial charge in [0.25, 0.3) is 0 Å². The summed E-state index contributed by atoms with van der Waals surface area (Å²) in [7, 11) is 0. The first-order valence-corrected chi connectivity index (χ1v) is 5.32. The van der Waals surface area contributed by atoms with Crippen molar-refractivity contribution in [2.24, 2.45) is 5.41 Å². The van der Waals surface area contributed by atoms with E-state index in [4.69, 9.17) is 0 Å². The van der Waals surface area contributed by atoms with Crippen LogP contribution in [0.25, 0.3) is 0 Å². The number of hydrogen-bond donors (Lipinski definition) is 0. The van der Waals surface area contributed by atoms with Gasteiger partial charge in [-0.15, -0.1) is 0 Å². The molecule has 1 unspecified atom stereocenters. The Bertz CT molecular complexity index is 390. The van der Waals surface area contributed by atoms with Gasteiger partial charge in [0.15, 0.2) is 0 Å². The van der Waals surface area contributed by atoms with Crippen molar-refractivity contribution in [3.63, 3.8) is 0 Å². The molecule has 0 saturated carbocycles. The Morgan fingerprint density at radius 3 is 1.94 bits per heavy atom. The molecule has 0 saturated heterocycles. The van der Waals surface area contributed by atoms with E-state index in [0.717, 1.165) is 24.0 Å². The van der Waals surface area contributed by atoms with Crippen molar-refractivity contribution in [2.45, 2.75) is 32.9 Å². The molecule has 1 rings (SSSR count). The molecule has 0 spiro atoms. The molecule has 0 N–H and O–H groups in total. The maximum Gasteiger partial charge on any atom is 0.416 e. The van der Waals surface area contributed by atoms with Crippen molar-refractivity contribution in [2.75, 3.05) is 0 Å². The molecule has 94 valence electrons. The molecule has 4 heteroatoms. The van der Waals surface area contributed by atoms with Crippen LogP contribution in [0.5, 0.6) is 0 Å². The number of aldehydes is 1. The predicted molar refractivity (Wildman–Crippen MR) is 59.7 cm³/mol. The summed E-state index contributed by atoms with van der Waals surface area (Å²) in [6.07, 6.45) is -3.49. The first-order valence-electron chi connectivity index (χ1n) is 5.32. The van der Waals surface area contributed by atoms with E-state index in [2.05, 4.69) is 0 Å². The van der Waals surface area contributed by atoms with Crippen LogP contribution in [-0.4, -0.2) is 6.29 Å². The molecule has 17 heavy (non-hydrogen) atoms. The van der Waals surface area contributed by atoms with Crippen LogP contribution in [0.4, 0.5) is 13.2 Å². The van der Waals surface area contributed by atoms with E-state index < -0.39 is 17.2 Å². The van der Waals surface area contributed by atoms with Crippen LogP contribution in [0, 0.1) is 5.41 Å². The van der Waals surface area contributed by atoms with Gasteiger partial charge in [-0.3, -0.25) is 0 Å². The fourth-order valence-electron chi connectivity index (χ4n) is 1.49. The highest BCUT2D eigenvalue weighted by atomic mass is 19.4. The average molecular weight is 244 g/mol. The van der Waals surface area contributed by atoms with Crippen molar-refractivity contribution < 1.29 is 18.0 Å². The van der Waals surface area contributed by atoms with Gasteiger partial charge in [0.05, 0.1) is 5.56 Å². The van der Waals surface area contributed by atoms with Crippen LogP contribution >= 0.6 is 0 Å². The zero-order valence-corrected chi connectivity index (χ0v) is 10.0. The topological polar surface area (TPSA) is 17.1 Å². The van der Waals surface area contributed by atoms with Gasteiger partial charge in [-0.05, 0) is 23.6 Å². The van der Waals surface area contributed by atoms with E-state index in [1.807, 2.05) is 6.92 Å². The first-order chi connectivity index (χ1) is 7.68. The maximum absolute atomic E-state index is 12.4. The highest BCUT2D eigenvalue weighted by molar-refractivity contribution is 5.60. The van der Waals surface area contributed by atoms with Crippen molar-refractivity contribution in [1.82, 2.24) is 0 Å². The molecule has 0 amide bonds. The van der Waals surface area contributed by atoms with Crippen LogP contribution in [0.2, 0.25) is 0 Å². The fraction of sp³-hybridized carbons (Fsp3) is 0.462. The molecule has 0 fully saturated rings. The minimum absolute atomic E-state index is 0.123. The lowest BCUT2D eigenvalue weighted by Gasteiger charge is -2.26. The highest BCUT2D eigenvalue weighted by Crippen LogP contribution is 2.35. The smallest absolute Gasteiger partial charge is 0.303 e. The van der Waals surface area contributed by atoms with Gasteiger partial charge in [0.2, 0.25) is 0 Å². The van der Waals surface area contributed by atoms with Crippen molar-refractivity contribution >= 4 is 6.29 Å². The summed E-state index contributed by atoms with van der Waals surface area (Å²) in [4.78, 5) is 10.9. The lowest BCUT2D eigenvalue weighted by Crippen LogP contribution is -2.21. The zero-order valence-electron chi connectivity index (χ0n) is 10.0. The lowest BCUT2D eigenvalue weighted by molar-refractivity contribution is -0.137. The first kappa shape index (κ1) is 13.7. The molecule has 0 aliphatic carbocycles. The molecule has 0 aliphatic rings. The van der Waals surface area contributed by atoms with Crippen molar-refractivity contribution in [1.29, 1.82) is 0 Å². The molecule has 0 aromatic heterocycles. The third-order valence-corrected chi connectivity index (χ3v) is 3.16. The standard InChI is InChI=1S/C13H15F3O/c1-9(12(2,3)8-17)10-4-6-11(7-5-10)13(14,15)16/h4-9H,1-3H3. The SMILES string of the molecule is CC(c1ccc(C(F)(F)F)cc1)C(C)(C)C=O. The average Bonchev–Trinajstić information content (AvgIpc) is 2.27. The Labute approximate surface area is 98.6 Å². The van der Waals surface area contributed by atoms with Gasteiger partial charge in [-0.2, -0.15) is 13.2 Å². The Morgan fingerprint density at radius 2 is 1.59 bits per heavy atom. The highest BCUT2D eigenvalue weighted by Gasteiger charge is 2.31. The van der Waals surface area contributed by atoms with Crippen LogP contribution in [-0.2, 0) is 11.0 Å². The molecular formula is C13H15F3O. The maximum atomic E-state index is 12.4. The largest absolute Gasteiger partial charge is 0.416 e. The minimum atomic E-state index is -4.32. The summed E-state index contributed by atoms with van der Waals surface area (Å²) in [6, 6.07) is 4.96. The molecular weight excluding hydrogens is 229 g/mol. The second-order valence-corrected chi connectivity index (χ2v) is 4.78. The number of hydrogen-bond acceptors (Lipinski definition) is 1. The molecule has 1 nitrogen and oxygen atoms in total. The molecule has 0 bridgehead atoms. The van der Waals surface area contributed by atoms with Crippen LogP contribution in [0.15, 0.2) is 24.3 Å². The van der Waals surface area contributed by atoms with Crippen LogP contribution in [0.3, 0.4) is 0 Å². The van der Waals surface area contributed by atoms with Crippen molar-refractivity contribution in [3.8, 4) is 0 Å². The Hall–Kier alpha value is -1.32. The quantitative estimate of drug-likeness (QED) is 0.733. The van der Waals surface area contributed by atoms with E-state index in [0.29, 0.717) is 0 Å². The third-order valence-electron chi connectivity index (χ3n) is 3.16. The van der Waals surface area contributed by atoms with Gasteiger partial charge in [0.1, 0.15) is 6.29 Å². The molecule has 0 aliphatic heterocycles. The number of carbonyl (C=O) groups excluding carboxylic acids is 1. The van der Waals surface area contributed by atoms with E-state index in [1.54, 1.807) is 13.8 Å². The Morgan fingerprint density at radius 1 is 1.12 bits per heavy atom. The lowest BCUT2D eigenvalue weighted by atomic mass is 9.77. The van der Waals surface area contributed by atoms with E-state index in [-0.39, 0.29) is 5.92 Å². The number of halogens is 3. The second-order valence-electron chi connectivity index (χ2n) is 4.78. The molecule has 0 heterocycles. The van der Waals surface area contributed by atoms with Gasteiger partial charge in [0, 0.05) is 5.41 Å². The van der Waals surface area contributed by atoms with Crippen molar-refractivity contribution in [3.05, 3.63) is 35.4 Å². The summed E-state index contributed by atoms with van der Waals surface area (Å²) in [5, 5.41) is 0. The van der Waals surface area contributed by atoms with Crippen LogP contribution < -0.4 is 0 Å².